The van der Waals surface area contributed by atoms with Crippen molar-refractivity contribution in [2.24, 2.45) is 0 Å². The molecule has 5 nitrogen and oxygen atoms in total. The van der Waals surface area contributed by atoms with Crippen molar-refractivity contribution in [2.45, 2.75) is 19.3 Å². The van der Waals surface area contributed by atoms with Crippen LogP contribution in [0.15, 0.2) is 199 Å². The van der Waals surface area contributed by atoms with Crippen LogP contribution in [0.4, 0.5) is 0 Å². The second-order valence-corrected chi connectivity index (χ2v) is 16.0. The number of rotatable bonds is 7. The molecule has 0 saturated carbocycles. The Hall–Kier alpha value is -7.76. The van der Waals surface area contributed by atoms with Gasteiger partial charge < -0.3 is 9.52 Å². The maximum Gasteiger partial charge on any atom is 0.149 e. The van der Waals surface area contributed by atoms with E-state index < -0.39 is 0 Å². The largest absolute Gasteiger partial charge is 0.507 e. The number of aromatic hydroxyl groups is 1. The molecule has 1 N–H and O–H groups in total. The summed E-state index contributed by atoms with van der Waals surface area (Å²) >= 11 is 0. The molecule has 0 radical (unpaired) electrons. The Morgan fingerprint density at radius 2 is 1.17 bits per heavy atom. The number of phenols is 1. The van der Waals surface area contributed by atoms with E-state index in [2.05, 4.69) is 176 Å². The second-order valence-electron chi connectivity index (χ2n) is 16.0. The molecule has 0 saturated heterocycles. The van der Waals surface area contributed by atoms with Crippen LogP contribution in [-0.4, -0.2) is 19.6 Å². The van der Waals surface area contributed by atoms with Crippen molar-refractivity contribution in [2.75, 3.05) is 0 Å². The molecule has 0 aliphatic carbocycles. The summed E-state index contributed by atoms with van der Waals surface area (Å²) in [4.78, 5) is 10.6. The number of phenolic OH excluding ortho intramolecular Hbond substituents is 1. The number of hydrogen-bond acceptors (Lipinski definition) is 4. The predicted molar refractivity (Wildman–Crippen MR) is 246 cm³/mol. The zero-order valence-electron chi connectivity index (χ0n) is 33.2. The number of fused-ring (bicyclic) bond motifs is 5. The first-order valence-electron chi connectivity index (χ1n) is 20.3. The number of pyridine rings is 1. The second kappa shape index (κ2) is 14.0. The Kier molecular flexibility index (Phi) is 8.24. The van der Waals surface area contributed by atoms with Gasteiger partial charge in [0.15, 0.2) is 0 Å². The minimum Gasteiger partial charge on any atom is -0.507 e. The molecule has 0 unspecified atom stereocenters. The van der Waals surface area contributed by atoms with Gasteiger partial charge in [0.2, 0.25) is 0 Å². The fourth-order valence-electron chi connectivity index (χ4n) is 8.78. The summed E-state index contributed by atoms with van der Waals surface area (Å²) in [6.45, 7) is 4.55. The molecule has 11 aromatic rings. The number of para-hydroxylation sites is 3. The summed E-state index contributed by atoms with van der Waals surface area (Å²) in [6, 6.07) is 64.8. The molecule has 11 rings (SSSR count). The molecule has 5 heteroatoms. The van der Waals surface area contributed by atoms with Gasteiger partial charge in [-0.15, -0.1) is 0 Å². The van der Waals surface area contributed by atoms with Crippen molar-refractivity contribution in [1.29, 1.82) is 0 Å². The lowest BCUT2D eigenvalue weighted by atomic mass is 9.76. The van der Waals surface area contributed by atoms with Crippen molar-refractivity contribution >= 4 is 43.7 Å². The lowest BCUT2D eigenvalue weighted by molar-refractivity contribution is 0.477. The van der Waals surface area contributed by atoms with Gasteiger partial charge in [-0.1, -0.05) is 147 Å². The van der Waals surface area contributed by atoms with Gasteiger partial charge >= 0.3 is 0 Å². The smallest absolute Gasteiger partial charge is 0.149 e. The van der Waals surface area contributed by atoms with Crippen molar-refractivity contribution in [3.63, 3.8) is 0 Å². The fourth-order valence-corrected chi connectivity index (χ4v) is 8.78. The fraction of sp³-hybridized carbons (Fsp3) is 0.0545. The van der Waals surface area contributed by atoms with Gasteiger partial charge in [-0.05, 0) is 81.6 Å². The molecule has 3 aromatic heterocycles. The predicted octanol–water partition coefficient (Wildman–Crippen LogP) is 14.2. The molecule has 0 fully saturated rings. The highest BCUT2D eigenvalue weighted by Crippen LogP contribution is 2.43. The molecular formula is C55H39N3O2. The molecule has 0 spiro atoms. The van der Waals surface area contributed by atoms with E-state index in [1.54, 1.807) is 6.07 Å². The number of furan rings is 1. The normalized spacial score (nSPS) is 11.9. The zero-order valence-corrected chi connectivity index (χ0v) is 33.2. The molecular weight excluding hydrogens is 735 g/mol. The Balaban J connectivity index is 1.15. The maximum absolute atomic E-state index is 11.3. The molecule has 60 heavy (non-hydrogen) atoms. The van der Waals surface area contributed by atoms with Gasteiger partial charge in [-0.2, -0.15) is 0 Å². The minimum absolute atomic E-state index is 0.168. The van der Waals surface area contributed by atoms with E-state index in [4.69, 9.17) is 14.4 Å². The number of hydrogen-bond donors (Lipinski definition) is 1. The van der Waals surface area contributed by atoms with Gasteiger partial charge in [-0.25, -0.2) is 4.98 Å². The highest BCUT2D eigenvalue weighted by molar-refractivity contribution is 6.10. The topological polar surface area (TPSA) is 64.1 Å². The average Bonchev–Trinajstić information content (AvgIpc) is 3.86. The molecule has 3 heterocycles. The lowest BCUT2D eigenvalue weighted by Gasteiger charge is -2.27. The van der Waals surface area contributed by atoms with Crippen molar-refractivity contribution in [3.8, 4) is 56.3 Å². The molecule has 0 amide bonds. The quantitative estimate of drug-likeness (QED) is 0.175. The van der Waals surface area contributed by atoms with Crippen LogP contribution < -0.4 is 0 Å². The molecule has 0 aliphatic rings. The average molecular weight is 774 g/mol. The van der Waals surface area contributed by atoms with Crippen LogP contribution in [0.2, 0.25) is 0 Å². The third-order valence-corrected chi connectivity index (χ3v) is 12.0. The van der Waals surface area contributed by atoms with E-state index in [1.165, 1.54) is 10.9 Å². The SMILES string of the molecule is CC(C)(c1ccccc1)c1cc(-c2cc3oc4cc5ccccc5cc4c3cn2)cc(-c2cccc3c2nc(-c2ccccc2O)n3-c2ccccc2-c2ccccc2)c1. The van der Waals surface area contributed by atoms with Crippen molar-refractivity contribution in [3.05, 3.63) is 205 Å². The third-order valence-electron chi connectivity index (χ3n) is 12.0. The highest BCUT2D eigenvalue weighted by atomic mass is 16.3. The van der Waals surface area contributed by atoms with Crippen LogP contribution >= 0.6 is 0 Å². The maximum atomic E-state index is 11.3. The summed E-state index contributed by atoms with van der Waals surface area (Å²) in [6.07, 6.45) is 1.95. The zero-order chi connectivity index (χ0) is 40.4. The minimum atomic E-state index is -0.349. The molecule has 0 aliphatic heterocycles. The van der Waals surface area contributed by atoms with Crippen molar-refractivity contribution < 1.29 is 9.52 Å². The number of nitrogens with zero attached hydrogens (tertiary/aromatic N) is 3. The lowest BCUT2D eigenvalue weighted by Crippen LogP contribution is -2.19. The molecule has 8 aromatic carbocycles. The third kappa shape index (κ3) is 5.85. The summed E-state index contributed by atoms with van der Waals surface area (Å²) in [5.41, 5.74) is 13.0. The van der Waals surface area contributed by atoms with Crippen molar-refractivity contribution in [1.82, 2.24) is 14.5 Å². The van der Waals surface area contributed by atoms with E-state index >= 15 is 0 Å². The van der Waals surface area contributed by atoms with Crippen LogP contribution in [0.1, 0.15) is 25.0 Å². The molecule has 0 atom stereocenters. The molecule has 286 valence electrons. The first-order valence-corrected chi connectivity index (χ1v) is 20.3. The van der Waals surface area contributed by atoms with Crippen LogP contribution in [0, 0.1) is 0 Å². The summed E-state index contributed by atoms with van der Waals surface area (Å²) in [5, 5.41) is 15.7. The monoisotopic (exact) mass is 773 g/mol. The van der Waals surface area contributed by atoms with Crippen LogP contribution in [0.5, 0.6) is 5.75 Å². The Morgan fingerprint density at radius 3 is 1.97 bits per heavy atom. The number of benzene rings is 8. The Labute approximate surface area is 347 Å². The number of imidazole rings is 1. The summed E-state index contributed by atoms with van der Waals surface area (Å²) in [7, 11) is 0. The van der Waals surface area contributed by atoms with Gasteiger partial charge in [0.05, 0.1) is 28.0 Å². The van der Waals surface area contributed by atoms with Gasteiger partial charge in [0.25, 0.3) is 0 Å². The highest BCUT2D eigenvalue weighted by Gasteiger charge is 2.27. The van der Waals surface area contributed by atoms with Gasteiger partial charge in [-0.3, -0.25) is 9.55 Å². The van der Waals surface area contributed by atoms with E-state index in [0.29, 0.717) is 11.4 Å². The van der Waals surface area contributed by atoms with Crippen LogP contribution in [-0.2, 0) is 5.41 Å². The van der Waals surface area contributed by atoms with Crippen LogP contribution in [0.3, 0.4) is 0 Å². The first-order chi connectivity index (χ1) is 29.4. The molecule has 0 bridgehead atoms. The Bertz CT molecular complexity index is 3420. The van der Waals surface area contributed by atoms with E-state index in [1.807, 2.05) is 30.5 Å². The summed E-state index contributed by atoms with van der Waals surface area (Å²) in [5.74, 6) is 0.825. The summed E-state index contributed by atoms with van der Waals surface area (Å²) < 4.78 is 8.73. The van der Waals surface area contributed by atoms with Gasteiger partial charge in [0.1, 0.15) is 22.7 Å². The van der Waals surface area contributed by atoms with E-state index in [-0.39, 0.29) is 11.2 Å². The van der Waals surface area contributed by atoms with Crippen LogP contribution in [0.25, 0.3) is 94.3 Å². The number of aromatic nitrogens is 3. The Morgan fingerprint density at radius 1 is 0.517 bits per heavy atom. The standard InChI is InChI=1S/C55H39N3O2/c1-55(2,40-20-7-4-8-21-40)41-29-38(28-39(30-41)47-33-52-46(34-56-47)45-31-36-18-9-10-19-37(36)32-51(45)60-52)43-24-15-26-49-53(43)57-54(44-23-12-14-27-50(44)59)58(49)48-25-13-11-22-42(48)35-16-5-3-6-17-35/h3-34,59H,1-2H3. The van der Waals surface area contributed by atoms with Gasteiger partial charge in [0, 0.05) is 45.1 Å². The van der Waals surface area contributed by atoms with E-state index in [9.17, 15) is 5.11 Å². The first kappa shape index (κ1) is 35.4. The van der Waals surface area contributed by atoms with E-state index in [0.717, 1.165) is 83.1 Å².